The second-order valence-electron chi connectivity index (χ2n) is 10.1. The maximum atomic E-state index is 2.44. The van der Waals surface area contributed by atoms with Gasteiger partial charge in [0.25, 0.3) is 0 Å². The first-order chi connectivity index (χ1) is 15.4. The zero-order valence-electron chi connectivity index (χ0n) is 24.6. The molecule has 0 aliphatic rings. The van der Waals surface area contributed by atoms with Crippen LogP contribution in [-0.2, 0) is 0 Å². The molecule has 4 atom stereocenters. The number of benzene rings is 2. The molecule has 2 aromatic rings. The van der Waals surface area contributed by atoms with Crippen molar-refractivity contribution in [3.05, 3.63) is 90.0 Å². The van der Waals surface area contributed by atoms with Crippen LogP contribution in [0.25, 0.3) is 0 Å². The van der Waals surface area contributed by atoms with E-state index in [0.717, 1.165) is 24.2 Å². The maximum absolute atomic E-state index is 2.44. The van der Waals surface area contributed by atoms with Gasteiger partial charge in [0.2, 0.25) is 0 Å². The molecule has 0 amide bonds. The molecule has 0 N–H and O–H groups in total. The standard InChI is InChI=1S/C32H47.3Li/c1-7-25(4)10-12-28-14-16-30(17-15-28)20-23-32(24-27(6)9-3)31-21-18-29(19-22-31)13-11-26(5)8-2;;;/h12-22,25-27,32H,7-11,23-24H2,1-6H3;;;/q-3;3*+1. The third kappa shape index (κ3) is 14.4. The van der Waals surface area contributed by atoms with Crippen LogP contribution in [0.3, 0.4) is 0 Å². The van der Waals surface area contributed by atoms with Gasteiger partial charge in [-0.2, -0.15) is 37.0 Å². The average Bonchev–Trinajstić information content (AvgIpc) is 2.84. The van der Waals surface area contributed by atoms with Crippen molar-refractivity contribution < 1.29 is 56.6 Å². The van der Waals surface area contributed by atoms with E-state index < -0.39 is 0 Å². The van der Waals surface area contributed by atoms with Gasteiger partial charge in [0, 0.05) is 0 Å². The van der Waals surface area contributed by atoms with Crippen molar-refractivity contribution in [2.45, 2.75) is 92.4 Å². The van der Waals surface area contributed by atoms with Crippen LogP contribution in [0, 0.1) is 37.0 Å². The van der Waals surface area contributed by atoms with Crippen LogP contribution in [-0.4, -0.2) is 0 Å². The van der Waals surface area contributed by atoms with Crippen molar-refractivity contribution in [1.29, 1.82) is 0 Å². The molecule has 2 rings (SSSR count). The van der Waals surface area contributed by atoms with Gasteiger partial charge < -0.3 is 0 Å². The Kier molecular flexibility index (Phi) is 22.0. The second kappa shape index (κ2) is 20.8. The molecule has 178 valence electrons. The van der Waals surface area contributed by atoms with Crippen LogP contribution >= 0.6 is 0 Å². The van der Waals surface area contributed by atoms with Gasteiger partial charge in [0.05, 0.1) is 0 Å². The van der Waals surface area contributed by atoms with Gasteiger partial charge in [-0.05, 0) is 18.3 Å². The van der Waals surface area contributed by atoms with Crippen LogP contribution in [0.15, 0.2) is 48.5 Å². The number of rotatable bonds is 15. The maximum Gasteiger partial charge on any atom is 1.00 e. The third-order valence-corrected chi connectivity index (χ3v) is 7.27. The molecule has 0 radical (unpaired) electrons. The zero-order chi connectivity index (χ0) is 23.3. The predicted octanol–water partition coefficient (Wildman–Crippen LogP) is 0.838. The van der Waals surface area contributed by atoms with Gasteiger partial charge in [-0.15, -0.1) is 12.1 Å². The minimum absolute atomic E-state index is 0. The van der Waals surface area contributed by atoms with Crippen molar-refractivity contribution in [2.24, 2.45) is 17.8 Å². The van der Waals surface area contributed by atoms with Crippen molar-refractivity contribution in [1.82, 2.24) is 0 Å². The van der Waals surface area contributed by atoms with E-state index in [9.17, 15) is 0 Å². The third-order valence-electron chi connectivity index (χ3n) is 7.27. The van der Waals surface area contributed by atoms with E-state index in [-0.39, 0.29) is 56.6 Å². The van der Waals surface area contributed by atoms with E-state index in [4.69, 9.17) is 0 Å². The Morgan fingerprint density at radius 1 is 0.514 bits per heavy atom. The van der Waals surface area contributed by atoms with Crippen LogP contribution in [0.2, 0.25) is 0 Å². The molecule has 0 saturated heterocycles. The van der Waals surface area contributed by atoms with E-state index in [1.807, 2.05) is 0 Å². The van der Waals surface area contributed by atoms with Crippen molar-refractivity contribution in [3.63, 3.8) is 0 Å². The number of hydrogen-bond acceptors (Lipinski definition) is 0. The quantitative estimate of drug-likeness (QED) is 0.278. The SMILES string of the molecule is CCC(C)C[CH-]c1ccc([CH-]CC(CC(C)CC)c2ccc([CH-]CC(C)CC)cc2)cc1.[Li+].[Li+].[Li+]. The first-order valence-corrected chi connectivity index (χ1v) is 13.1. The molecular weight excluding hydrogens is 405 g/mol. The van der Waals surface area contributed by atoms with Crippen LogP contribution in [0.1, 0.15) is 115 Å². The Balaban J connectivity index is 0. The minimum Gasteiger partial charge on any atom is -0.220 e. The fraction of sp³-hybridized carbons (Fsp3) is 0.531. The molecular formula is C32H47Li3. The normalized spacial score (nSPS) is 13.7. The molecule has 0 heterocycles. The summed E-state index contributed by atoms with van der Waals surface area (Å²) in [5, 5.41) is 0. The fourth-order valence-electron chi connectivity index (χ4n) is 3.98. The van der Waals surface area contributed by atoms with Crippen molar-refractivity contribution >= 4 is 0 Å². The summed E-state index contributed by atoms with van der Waals surface area (Å²) in [4.78, 5) is 0. The molecule has 0 aromatic heterocycles. The van der Waals surface area contributed by atoms with Crippen molar-refractivity contribution in [2.75, 3.05) is 0 Å². The first-order valence-electron chi connectivity index (χ1n) is 13.1. The summed E-state index contributed by atoms with van der Waals surface area (Å²) >= 11 is 0. The molecule has 0 nitrogen and oxygen atoms in total. The first kappa shape index (κ1) is 37.0. The summed E-state index contributed by atoms with van der Waals surface area (Å²) < 4.78 is 0. The summed E-state index contributed by atoms with van der Waals surface area (Å²) in [5.41, 5.74) is 5.55. The Morgan fingerprint density at radius 2 is 0.857 bits per heavy atom. The molecule has 0 bridgehead atoms. The molecule has 0 aliphatic heterocycles. The topological polar surface area (TPSA) is 0 Å². The Hall–Kier alpha value is -0.158. The summed E-state index contributed by atoms with van der Waals surface area (Å²) in [7, 11) is 0. The molecule has 0 fully saturated rings. The summed E-state index contributed by atoms with van der Waals surface area (Å²) in [6.45, 7) is 13.9. The molecule has 35 heavy (non-hydrogen) atoms. The molecule has 0 spiro atoms. The molecule has 0 aliphatic carbocycles. The second-order valence-corrected chi connectivity index (χ2v) is 10.1. The van der Waals surface area contributed by atoms with Gasteiger partial charge >= 0.3 is 56.6 Å². The van der Waals surface area contributed by atoms with Gasteiger partial charge in [0.15, 0.2) is 0 Å². The molecule has 3 heteroatoms. The van der Waals surface area contributed by atoms with Gasteiger partial charge in [-0.1, -0.05) is 97.5 Å². The zero-order valence-corrected chi connectivity index (χ0v) is 24.6. The van der Waals surface area contributed by atoms with E-state index in [1.165, 1.54) is 60.8 Å². The summed E-state index contributed by atoms with van der Waals surface area (Å²) in [5.74, 6) is 2.87. The Labute approximate surface area is 255 Å². The van der Waals surface area contributed by atoms with Gasteiger partial charge in [-0.25, -0.2) is 35.4 Å². The average molecular weight is 453 g/mol. The minimum atomic E-state index is 0. The van der Waals surface area contributed by atoms with E-state index >= 15 is 0 Å². The largest absolute Gasteiger partial charge is 1.00 e. The van der Waals surface area contributed by atoms with Gasteiger partial charge in [0.1, 0.15) is 0 Å². The van der Waals surface area contributed by atoms with Crippen LogP contribution < -0.4 is 56.6 Å². The predicted molar refractivity (Wildman–Crippen MR) is 143 cm³/mol. The molecule has 0 saturated carbocycles. The summed E-state index contributed by atoms with van der Waals surface area (Å²) in [6.07, 6.45) is 15.7. The van der Waals surface area contributed by atoms with Crippen LogP contribution in [0.4, 0.5) is 0 Å². The van der Waals surface area contributed by atoms with E-state index in [0.29, 0.717) is 5.92 Å². The molecule has 4 unspecified atom stereocenters. The fourth-order valence-corrected chi connectivity index (χ4v) is 3.98. The van der Waals surface area contributed by atoms with Crippen molar-refractivity contribution in [3.8, 4) is 0 Å². The van der Waals surface area contributed by atoms with Gasteiger partial charge in [-0.3, -0.25) is 0 Å². The Bertz CT molecular complexity index is 738. The summed E-state index contributed by atoms with van der Waals surface area (Å²) in [6, 6.07) is 18.5. The Morgan fingerprint density at radius 3 is 1.23 bits per heavy atom. The monoisotopic (exact) mass is 452 g/mol. The number of hydrogen-bond donors (Lipinski definition) is 0. The van der Waals surface area contributed by atoms with E-state index in [2.05, 4.69) is 109 Å². The molecule has 2 aromatic carbocycles. The smallest absolute Gasteiger partial charge is 0.220 e. The van der Waals surface area contributed by atoms with Crippen LogP contribution in [0.5, 0.6) is 0 Å². The van der Waals surface area contributed by atoms with E-state index in [1.54, 1.807) is 0 Å².